The van der Waals surface area contributed by atoms with Crippen LogP contribution >= 0.6 is 0 Å². The van der Waals surface area contributed by atoms with E-state index in [1.165, 1.54) is 0 Å². The van der Waals surface area contributed by atoms with E-state index >= 15 is 0 Å². The third-order valence-corrected chi connectivity index (χ3v) is 6.35. The number of fused-ring (bicyclic) bond motifs is 2. The second kappa shape index (κ2) is 6.36. The number of carbonyl (C=O) groups excluding carboxylic acids is 3. The van der Waals surface area contributed by atoms with Crippen molar-refractivity contribution in [1.82, 2.24) is 15.1 Å². The summed E-state index contributed by atoms with van der Waals surface area (Å²) in [6.45, 7) is 6.04. The number of aryl methyl sites for hydroxylation is 1. The molecule has 1 spiro atoms. The van der Waals surface area contributed by atoms with Gasteiger partial charge in [0.1, 0.15) is 12.1 Å². The van der Waals surface area contributed by atoms with E-state index in [0.717, 1.165) is 35.3 Å². The Hall–Kier alpha value is -2.37. The molecule has 1 aromatic rings. The standard InChI is InChI=1S/C21H27N3O3/c1-13(2)14(3)24(16-8-9-16)18(25)12-23-19(26)21(22-20(23)27)11-10-15-6-4-5-7-17(15)21/h4-7,13-14,16H,8-12H2,1-3H3,(H,22,27). The van der Waals surface area contributed by atoms with Crippen molar-refractivity contribution in [3.8, 4) is 0 Å². The molecule has 2 fully saturated rings. The van der Waals surface area contributed by atoms with Crippen LogP contribution in [0.1, 0.15) is 51.2 Å². The molecule has 1 saturated heterocycles. The van der Waals surface area contributed by atoms with Gasteiger partial charge in [-0.05, 0) is 49.7 Å². The van der Waals surface area contributed by atoms with Crippen LogP contribution in [0.2, 0.25) is 0 Å². The molecule has 2 aliphatic carbocycles. The Morgan fingerprint density at radius 1 is 1.26 bits per heavy atom. The molecule has 0 radical (unpaired) electrons. The maximum absolute atomic E-state index is 13.2. The molecule has 4 amide bonds. The molecular formula is C21H27N3O3. The van der Waals surface area contributed by atoms with Gasteiger partial charge in [0.2, 0.25) is 5.91 Å². The van der Waals surface area contributed by atoms with Gasteiger partial charge in [-0.3, -0.25) is 14.5 Å². The maximum Gasteiger partial charge on any atom is 0.325 e. The lowest BCUT2D eigenvalue weighted by atomic mass is 9.92. The number of rotatable bonds is 5. The predicted molar refractivity (Wildman–Crippen MR) is 101 cm³/mol. The number of imide groups is 1. The van der Waals surface area contributed by atoms with Crippen LogP contribution in [0.3, 0.4) is 0 Å². The number of urea groups is 1. The van der Waals surface area contributed by atoms with Crippen LogP contribution in [-0.2, 0) is 21.5 Å². The van der Waals surface area contributed by atoms with Gasteiger partial charge in [-0.25, -0.2) is 4.79 Å². The van der Waals surface area contributed by atoms with E-state index in [-0.39, 0.29) is 30.4 Å². The fraction of sp³-hybridized carbons (Fsp3) is 0.571. The van der Waals surface area contributed by atoms with Gasteiger partial charge in [-0.2, -0.15) is 0 Å². The van der Waals surface area contributed by atoms with Crippen LogP contribution in [0, 0.1) is 5.92 Å². The molecule has 0 aromatic heterocycles. The molecule has 0 bridgehead atoms. The van der Waals surface area contributed by atoms with E-state index in [2.05, 4.69) is 19.2 Å². The Kier molecular flexibility index (Phi) is 4.24. The minimum atomic E-state index is -0.998. The largest absolute Gasteiger partial charge is 0.335 e. The lowest BCUT2D eigenvalue weighted by Gasteiger charge is -2.33. The molecule has 3 aliphatic rings. The van der Waals surface area contributed by atoms with Crippen molar-refractivity contribution in [3.05, 3.63) is 35.4 Å². The molecule has 1 N–H and O–H groups in total. The molecule has 27 heavy (non-hydrogen) atoms. The lowest BCUT2D eigenvalue weighted by Crippen LogP contribution is -2.49. The molecule has 1 saturated carbocycles. The summed E-state index contributed by atoms with van der Waals surface area (Å²) in [5, 5.41) is 2.89. The third kappa shape index (κ3) is 2.82. The van der Waals surface area contributed by atoms with E-state index < -0.39 is 11.6 Å². The molecular weight excluding hydrogens is 342 g/mol. The van der Waals surface area contributed by atoms with Crippen molar-refractivity contribution in [1.29, 1.82) is 0 Å². The summed E-state index contributed by atoms with van der Waals surface area (Å²) >= 11 is 0. The first-order chi connectivity index (χ1) is 12.8. The van der Waals surface area contributed by atoms with Gasteiger partial charge in [0.05, 0.1) is 0 Å². The summed E-state index contributed by atoms with van der Waals surface area (Å²) in [5.41, 5.74) is 0.961. The fourth-order valence-electron chi connectivity index (χ4n) is 4.39. The van der Waals surface area contributed by atoms with E-state index in [1.807, 2.05) is 36.1 Å². The van der Waals surface area contributed by atoms with Gasteiger partial charge in [0.15, 0.2) is 0 Å². The van der Waals surface area contributed by atoms with Gasteiger partial charge < -0.3 is 10.2 Å². The number of carbonyl (C=O) groups is 3. The highest BCUT2D eigenvalue weighted by Crippen LogP contribution is 2.41. The van der Waals surface area contributed by atoms with E-state index in [4.69, 9.17) is 0 Å². The van der Waals surface area contributed by atoms with Crippen LogP contribution in [0.5, 0.6) is 0 Å². The molecule has 144 valence electrons. The Bertz CT molecular complexity index is 802. The van der Waals surface area contributed by atoms with Crippen molar-refractivity contribution in [2.45, 2.75) is 64.1 Å². The summed E-state index contributed by atoms with van der Waals surface area (Å²) in [7, 11) is 0. The van der Waals surface area contributed by atoms with Crippen LogP contribution in [-0.4, -0.2) is 46.3 Å². The summed E-state index contributed by atoms with van der Waals surface area (Å²) in [4.78, 5) is 41.9. The zero-order valence-corrected chi connectivity index (χ0v) is 16.2. The first kappa shape index (κ1) is 18.0. The first-order valence-corrected chi connectivity index (χ1v) is 9.89. The minimum absolute atomic E-state index is 0.0898. The average Bonchev–Trinajstić information content (AvgIpc) is 3.36. The van der Waals surface area contributed by atoms with Crippen molar-refractivity contribution in [3.63, 3.8) is 0 Å². The minimum Gasteiger partial charge on any atom is -0.335 e. The van der Waals surface area contributed by atoms with Crippen molar-refractivity contribution in [2.24, 2.45) is 5.92 Å². The maximum atomic E-state index is 13.2. The topological polar surface area (TPSA) is 69.7 Å². The Labute approximate surface area is 159 Å². The van der Waals surface area contributed by atoms with E-state index in [0.29, 0.717) is 12.3 Å². The number of nitrogens with zero attached hydrogens (tertiary/aromatic N) is 2. The molecule has 1 heterocycles. The SMILES string of the molecule is CC(C)C(C)N(C(=O)CN1C(=O)NC2(CCc3ccccc32)C1=O)C1CC1. The summed E-state index contributed by atoms with van der Waals surface area (Å²) in [5.74, 6) is -0.102. The molecule has 1 aromatic carbocycles. The van der Waals surface area contributed by atoms with Gasteiger partial charge in [-0.1, -0.05) is 38.1 Å². The van der Waals surface area contributed by atoms with Gasteiger partial charge in [0, 0.05) is 12.1 Å². The number of nitrogens with one attached hydrogen (secondary N) is 1. The zero-order chi connectivity index (χ0) is 19.3. The highest BCUT2D eigenvalue weighted by atomic mass is 16.2. The van der Waals surface area contributed by atoms with Gasteiger partial charge >= 0.3 is 6.03 Å². The summed E-state index contributed by atoms with van der Waals surface area (Å²) < 4.78 is 0. The van der Waals surface area contributed by atoms with Gasteiger partial charge in [-0.15, -0.1) is 0 Å². The first-order valence-electron chi connectivity index (χ1n) is 9.89. The zero-order valence-electron chi connectivity index (χ0n) is 16.2. The second-order valence-corrected chi connectivity index (χ2v) is 8.40. The van der Waals surface area contributed by atoms with Crippen LogP contribution in [0.25, 0.3) is 0 Å². The smallest absolute Gasteiger partial charge is 0.325 e. The lowest BCUT2D eigenvalue weighted by molar-refractivity contribution is -0.141. The Balaban J connectivity index is 1.56. The van der Waals surface area contributed by atoms with Crippen LogP contribution in [0.15, 0.2) is 24.3 Å². The number of hydrogen-bond acceptors (Lipinski definition) is 3. The van der Waals surface area contributed by atoms with Crippen LogP contribution in [0.4, 0.5) is 4.79 Å². The van der Waals surface area contributed by atoms with Crippen molar-refractivity contribution in [2.75, 3.05) is 6.54 Å². The van der Waals surface area contributed by atoms with Crippen molar-refractivity contribution < 1.29 is 14.4 Å². The van der Waals surface area contributed by atoms with E-state index in [9.17, 15) is 14.4 Å². The Morgan fingerprint density at radius 2 is 1.96 bits per heavy atom. The van der Waals surface area contributed by atoms with Gasteiger partial charge in [0.25, 0.3) is 5.91 Å². The number of amides is 4. The monoisotopic (exact) mass is 369 g/mol. The summed E-state index contributed by atoms with van der Waals surface area (Å²) in [6.07, 6.45) is 3.30. The molecule has 6 nitrogen and oxygen atoms in total. The van der Waals surface area contributed by atoms with Crippen molar-refractivity contribution >= 4 is 17.8 Å². The second-order valence-electron chi connectivity index (χ2n) is 8.40. The van der Waals surface area contributed by atoms with Crippen LogP contribution < -0.4 is 5.32 Å². The number of benzene rings is 1. The molecule has 2 unspecified atom stereocenters. The summed E-state index contributed by atoms with van der Waals surface area (Å²) in [6, 6.07) is 7.61. The Morgan fingerprint density at radius 3 is 2.63 bits per heavy atom. The fourth-order valence-corrected chi connectivity index (χ4v) is 4.39. The molecule has 4 rings (SSSR count). The van der Waals surface area contributed by atoms with E-state index in [1.54, 1.807) is 0 Å². The average molecular weight is 369 g/mol. The quantitative estimate of drug-likeness (QED) is 0.811. The third-order valence-electron chi connectivity index (χ3n) is 6.35. The molecule has 6 heteroatoms. The highest BCUT2D eigenvalue weighted by molar-refractivity contribution is 6.10. The number of hydrogen-bond donors (Lipinski definition) is 1. The highest BCUT2D eigenvalue weighted by Gasteiger charge is 2.56. The predicted octanol–water partition coefficient (Wildman–Crippen LogP) is 2.42. The normalized spacial score (nSPS) is 25.1. The molecule has 2 atom stereocenters. The molecule has 1 aliphatic heterocycles.